The largest absolute Gasteiger partial charge is 0.433 e. The lowest BCUT2D eigenvalue weighted by atomic mass is 10.3. The van der Waals surface area contributed by atoms with Gasteiger partial charge in [0, 0.05) is 19.4 Å². The number of primary amides is 1. The molecule has 0 fully saturated rings. The van der Waals surface area contributed by atoms with E-state index in [-0.39, 0.29) is 17.9 Å². The number of halogens is 2. The van der Waals surface area contributed by atoms with E-state index in [1.54, 1.807) is 17.6 Å². The average Bonchev–Trinajstić information content (AvgIpc) is 3.02. The predicted octanol–water partition coefficient (Wildman–Crippen LogP) is 2.44. The number of rotatable bonds is 10. The maximum atomic E-state index is 12.5. The van der Waals surface area contributed by atoms with Crippen LogP contribution < -0.4 is 15.8 Å². The first-order chi connectivity index (χ1) is 13.3. The molecule has 0 bridgehead atoms. The highest BCUT2D eigenvalue weighted by atomic mass is 32.2. The molecule has 2 rings (SSSR count). The van der Waals surface area contributed by atoms with E-state index >= 15 is 0 Å². The highest BCUT2D eigenvalue weighted by molar-refractivity contribution is 8.00. The Morgan fingerprint density at radius 2 is 2.04 bits per heavy atom. The lowest BCUT2D eigenvalue weighted by molar-refractivity contribution is -0.118. The van der Waals surface area contributed by atoms with E-state index in [0.717, 1.165) is 0 Å². The van der Waals surface area contributed by atoms with Crippen molar-refractivity contribution >= 4 is 29.3 Å². The molecule has 2 amide bonds. The molecule has 0 aliphatic rings. The van der Waals surface area contributed by atoms with E-state index in [0.29, 0.717) is 23.9 Å². The number of thioether (sulfide) groups is 1. The Bertz CT molecular complexity index is 831. The highest BCUT2D eigenvalue weighted by Gasteiger charge is 2.21. The summed E-state index contributed by atoms with van der Waals surface area (Å²) in [6, 6.07) is 5.95. The Labute approximate surface area is 164 Å². The van der Waals surface area contributed by atoms with Crippen molar-refractivity contribution in [1.29, 1.82) is 0 Å². The molecule has 0 radical (unpaired) electrons. The van der Waals surface area contributed by atoms with Crippen LogP contribution in [0.1, 0.15) is 26.1 Å². The number of benzene rings is 1. The fourth-order valence-electron chi connectivity index (χ4n) is 2.36. The summed E-state index contributed by atoms with van der Waals surface area (Å²) in [7, 11) is 0. The van der Waals surface area contributed by atoms with Crippen LogP contribution in [0.15, 0.2) is 29.4 Å². The molecular weight excluding hydrogens is 392 g/mol. The fourth-order valence-corrected chi connectivity index (χ4v) is 3.29. The van der Waals surface area contributed by atoms with Crippen LogP contribution in [0.5, 0.6) is 5.75 Å². The second kappa shape index (κ2) is 10.0. The molecule has 0 aliphatic heterocycles. The number of nitrogens with zero attached hydrogens (tertiary/aromatic N) is 3. The minimum absolute atomic E-state index is 0.117. The standard InChI is InChI=1S/C17H21F2N5O3S/c1-3-24-14(9-8-13(20)25)22-23-17(24)28-10(2)15(26)21-11-6-4-5-7-12(11)27-16(18)19/h4-7,10,16H,3,8-9H2,1-2H3,(H2,20,25)(H,21,26)/t10-/m1/s1. The van der Waals surface area contributed by atoms with Crippen molar-refractivity contribution < 1.29 is 23.1 Å². The Morgan fingerprint density at radius 3 is 2.68 bits per heavy atom. The van der Waals surface area contributed by atoms with Crippen LogP contribution in [0.25, 0.3) is 0 Å². The number of alkyl halides is 2. The number of carbonyl (C=O) groups excluding carboxylic acids is 2. The number of aromatic nitrogens is 3. The molecule has 11 heteroatoms. The topological polar surface area (TPSA) is 112 Å². The number of ether oxygens (including phenoxy) is 1. The van der Waals surface area contributed by atoms with Gasteiger partial charge >= 0.3 is 6.61 Å². The van der Waals surface area contributed by atoms with Crippen molar-refractivity contribution in [2.75, 3.05) is 5.32 Å². The van der Waals surface area contributed by atoms with E-state index in [1.165, 1.54) is 30.0 Å². The van der Waals surface area contributed by atoms with Gasteiger partial charge in [0.2, 0.25) is 11.8 Å². The second-order valence-corrected chi connectivity index (χ2v) is 7.04. The normalized spacial score (nSPS) is 12.0. The van der Waals surface area contributed by atoms with Gasteiger partial charge < -0.3 is 20.4 Å². The number of anilines is 1. The minimum Gasteiger partial charge on any atom is -0.433 e. The van der Waals surface area contributed by atoms with Gasteiger partial charge in [-0.15, -0.1) is 10.2 Å². The third kappa shape index (κ3) is 5.91. The highest BCUT2D eigenvalue weighted by Crippen LogP contribution is 2.28. The van der Waals surface area contributed by atoms with Crippen molar-refractivity contribution in [3.63, 3.8) is 0 Å². The van der Waals surface area contributed by atoms with Crippen LogP contribution in [-0.2, 0) is 22.6 Å². The van der Waals surface area contributed by atoms with Crippen LogP contribution in [0.2, 0.25) is 0 Å². The van der Waals surface area contributed by atoms with Crippen molar-refractivity contribution in [3.8, 4) is 5.75 Å². The maximum absolute atomic E-state index is 12.5. The Kier molecular flexibility index (Phi) is 7.73. The number of para-hydroxylation sites is 2. The van der Waals surface area contributed by atoms with Gasteiger partial charge in [0.1, 0.15) is 11.6 Å². The first kappa shape index (κ1) is 21.6. The van der Waals surface area contributed by atoms with Gasteiger partial charge in [-0.25, -0.2) is 0 Å². The fraction of sp³-hybridized carbons (Fsp3) is 0.412. The van der Waals surface area contributed by atoms with E-state index < -0.39 is 23.7 Å². The first-order valence-electron chi connectivity index (χ1n) is 8.53. The van der Waals surface area contributed by atoms with E-state index in [9.17, 15) is 18.4 Å². The van der Waals surface area contributed by atoms with E-state index in [2.05, 4.69) is 20.3 Å². The summed E-state index contributed by atoms with van der Waals surface area (Å²) >= 11 is 1.17. The molecule has 0 unspecified atom stereocenters. The third-order valence-electron chi connectivity index (χ3n) is 3.72. The SMILES string of the molecule is CCn1c(CCC(N)=O)nnc1S[C@H](C)C(=O)Nc1ccccc1OC(F)F. The maximum Gasteiger partial charge on any atom is 0.387 e. The Hall–Kier alpha value is -2.69. The zero-order valence-corrected chi connectivity index (χ0v) is 16.2. The molecule has 0 saturated heterocycles. The number of hydrogen-bond donors (Lipinski definition) is 2. The molecule has 0 aliphatic carbocycles. The van der Waals surface area contributed by atoms with Gasteiger partial charge in [-0.1, -0.05) is 23.9 Å². The molecule has 3 N–H and O–H groups in total. The first-order valence-corrected chi connectivity index (χ1v) is 9.41. The number of hydrogen-bond acceptors (Lipinski definition) is 6. The monoisotopic (exact) mass is 413 g/mol. The van der Waals surface area contributed by atoms with Gasteiger partial charge in [-0.2, -0.15) is 8.78 Å². The molecule has 152 valence electrons. The third-order valence-corrected chi connectivity index (χ3v) is 4.80. The molecule has 8 nitrogen and oxygen atoms in total. The molecule has 0 saturated carbocycles. The molecule has 1 heterocycles. The van der Waals surface area contributed by atoms with Crippen LogP contribution in [0, 0.1) is 0 Å². The van der Waals surface area contributed by atoms with Crippen LogP contribution in [-0.4, -0.2) is 38.4 Å². The summed E-state index contributed by atoms with van der Waals surface area (Å²) in [5, 5.41) is 10.6. The van der Waals surface area contributed by atoms with Gasteiger partial charge in [0.25, 0.3) is 0 Å². The molecule has 1 aromatic heterocycles. The van der Waals surface area contributed by atoms with Gasteiger partial charge in [-0.3, -0.25) is 9.59 Å². The quantitative estimate of drug-likeness (QED) is 0.579. The van der Waals surface area contributed by atoms with Gasteiger partial charge in [0.15, 0.2) is 5.16 Å². The van der Waals surface area contributed by atoms with Crippen molar-refractivity contribution in [1.82, 2.24) is 14.8 Å². The molecule has 0 spiro atoms. The van der Waals surface area contributed by atoms with Crippen LogP contribution >= 0.6 is 11.8 Å². The molecule has 28 heavy (non-hydrogen) atoms. The molecule has 1 aromatic carbocycles. The number of nitrogens with two attached hydrogens (primary N) is 1. The van der Waals surface area contributed by atoms with Crippen LogP contribution in [0.4, 0.5) is 14.5 Å². The van der Waals surface area contributed by atoms with Gasteiger partial charge in [0.05, 0.1) is 10.9 Å². The van der Waals surface area contributed by atoms with Crippen molar-refractivity contribution in [3.05, 3.63) is 30.1 Å². The van der Waals surface area contributed by atoms with Crippen molar-refractivity contribution in [2.24, 2.45) is 5.73 Å². The van der Waals surface area contributed by atoms with Gasteiger partial charge in [-0.05, 0) is 26.0 Å². The minimum atomic E-state index is -2.99. The Balaban J connectivity index is 2.06. The second-order valence-electron chi connectivity index (χ2n) is 5.73. The number of carbonyl (C=O) groups is 2. The predicted molar refractivity (Wildman–Crippen MR) is 100 cm³/mol. The molecule has 2 aromatic rings. The summed E-state index contributed by atoms with van der Waals surface area (Å²) in [5.41, 5.74) is 5.32. The van der Waals surface area contributed by atoms with E-state index in [1.807, 2.05) is 6.92 Å². The Morgan fingerprint density at radius 1 is 1.32 bits per heavy atom. The van der Waals surface area contributed by atoms with Crippen LogP contribution in [0.3, 0.4) is 0 Å². The summed E-state index contributed by atoms with van der Waals surface area (Å²) < 4.78 is 31.2. The number of nitrogens with one attached hydrogen (secondary N) is 1. The smallest absolute Gasteiger partial charge is 0.387 e. The van der Waals surface area contributed by atoms with Crippen molar-refractivity contribution in [2.45, 2.75) is 50.3 Å². The number of aryl methyl sites for hydroxylation is 1. The average molecular weight is 413 g/mol. The zero-order chi connectivity index (χ0) is 20.7. The molecule has 1 atom stereocenters. The summed E-state index contributed by atoms with van der Waals surface area (Å²) in [4.78, 5) is 23.4. The lowest BCUT2D eigenvalue weighted by Crippen LogP contribution is -2.23. The summed E-state index contributed by atoms with van der Waals surface area (Å²) in [5.74, 6) is -0.350. The summed E-state index contributed by atoms with van der Waals surface area (Å²) in [6.07, 6.45) is 0.509. The molecular formula is C17H21F2N5O3S. The summed E-state index contributed by atoms with van der Waals surface area (Å²) in [6.45, 7) is 1.12. The van der Waals surface area contributed by atoms with E-state index in [4.69, 9.17) is 5.73 Å². The number of amides is 2. The zero-order valence-electron chi connectivity index (χ0n) is 15.4. The lowest BCUT2D eigenvalue weighted by Gasteiger charge is -2.15.